The van der Waals surface area contributed by atoms with Crippen LogP contribution in [-0.2, 0) is 14.3 Å². The first-order valence-electron chi connectivity index (χ1n) is 8.32. The molecule has 1 amide bonds. The van der Waals surface area contributed by atoms with Gasteiger partial charge >= 0.3 is 11.9 Å². The van der Waals surface area contributed by atoms with Crippen molar-refractivity contribution in [3.63, 3.8) is 0 Å². The molecule has 2 saturated heterocycles. The second-order valence-electron chi connectivity index (χ2n) is 7.13. The number of fused-ring (bicyclic) bond motifs is 1. The number of nitrogens with zero attached hydrogens (tertiary/aromatic N) is 3. The average Bonchev–Trinajstić information content (AvgIpc) is 2.88. The Kier molecular flexibility index (Phi) is 4.69. The molecular formula is C18H19N3O6. The SMILES string of the molecule is CC1(C)CC2/C(=C\c3cc(C(=O)OC/C=N/O)ccn3)C(=O)N2[C@H]1C(=O)O. The number of amides is 1. The van der Waals surface area contributed by atoms with Gasteiger partial charge in [-0.2, -0.15) is 0 Å². The zero-order valence-corrected chi connectivity index (χ0v) is 14.8. The fraction of sp³-hybridized carbons (Fsp3) is 0.389. The number of aromatic nitrogens is 1. The molecule has 3 rings (SSSR count). The van der Waals surface area contributed by atoms with Crippen LogP contribution in [0.2, 0.25) is 0 Å². The van der Waals surface area contributed by atoms with Gasteiger partial charge in [-0.15, -0.1) is 0 Å². The minimum Gasteiger partial charge on any atom is -0.480 e. The first-order chi connectivity index (χ1) is 12.8. The van der Waals surface area contributed by atoms with E-state index in [2.05, 4.69) is 10.1 Å². The Morgan fingerprint density at radius 3 is 2.89 bits per heavy atom. The minimum atomic E-state index is -1.01. The fourth-order valence-corrected chi connectivity index (χ4v) is 3.66. The van der Waals surface area contributed by atoms with Crippen molar-refractivity contribution in [3.8, 4) is 0 Å². The lowest BCUT2D eigenvalue weighted by atomic mass is 9.83. The van der Waals surface area contributed by atoms with Gasteiger partial charge in [-0.25, -0.2) is 9.59 Å². The van der Waals surface area contributed by atoms with E-state index in [-0.39, 0.29) is 24.1 Å². The fourth-order valence-electron chi connectivity index (χ4n) is 3.66. The van der Waals surface area contributed by atoms with Crippen molar-refractivity contribution >= 4 is 30.1 Å². The van der Waals surface area contributed by atoms with Crippen molar-refractivity contribution < 1.29 is 29.4 Å². The lowest BCUT2D eigenvalue weighted by Gasteiger charge is -2.40. The van der Waals surface area contributed by atoms with Gasteiger partial charge in [0.05, 0.1) is 23.5 Å². The highest BCUT2D eigenvalue weighted by Gasteiger charge is 2.60. The summed E-state index contributed by atoms with van der Waals surface area (Å²) in [6, 6.07) is 1.83. The first kappa shape index (κ1) is 18.6. The maximum absolute atomic E-state index is 12.5. The second-order valence-corrected chi connectivity index (χ2v) is 7.13. The number of carbonyl (C=O) groups is 3. The van der Waals surface area contributed by atoms with Gasteiger partial charge in [-0.05, 0) is 30.0 Å². The van der Waals surface area contributed by atoms with Crippen LogP contribution in [0.5, 0.6) is 0 Å². The van der Waals surface area contributed by atoms with E-state index in [1.807, 2.05) is 13.8 Å². The zero-order chi connectivity index (χ0) is 19.8. The Labute approximate surface area is 154 Å². The Morgan fingerprint density at radius 2 is 2.22 bits per heavy atom. The molecule has 0 bridgehead atoms. The second kappa shape index (κ2) is 6.82. The predicted molar refractivity (Wildman–Crippen MR) is 93.2 cm³/mol. The van der Waals surface area contributed by atoms with Crippen molar-refractivity contribution in [2.75, 3.05) is 6.61 Å². The molecule has 0 radical (unpaired) electrons. The minimum absolute atomic E-state index is 0.171. The summed E-state index contributed by atoms with van der Waals surface area (Å²) in [5.41, 5.74) is 0.592. The number of esters is 1. The zero-order valence-electron chi connectivity index (χ0n) is 14.8. The summed E-state index contributed by atoms with van der Waals surface area (Å²) in [6.45, 7) is 3.49. The van der Waals surface area contributed by atoms with Crippen molar-refractivity contribution in [1.82, 2.24) is 9.88 Å². The molecule has 142 valence electrons. The molecule has 2 fully saturated rings. The van der Waals surface area contributed by atoms with Crippen molar-refractivity contribution in [1.29, 1.82) is 0 Å². The summed E-state index contributed by atoms with van der Waals surface area (Å²) < 4.78 is 4.89. The molecule has 27 heavy (non-hydrogen) atoms. The molecule has 1 unspecified atom stereocenters. The lowest BCUT2D eigenvalue weighted by Crippen LogP contribution is -2.57. The molecule has 2 atom stereocenters. The van der Waals surface area contributed by atoms with Crippen molar-refractivity contribution in [2.24, 2.45) is 10.6 Å². The molecule has 2 aliphatic rings. The topological polar surface area (TPSA) is 129 Å². The van der Waals surface area contributed by atoms with E-state index in [1.54, 1.807) is 6.08 Å². The molecule has 2 N–H and O–H groups in total. The Morgan fingerprint density at radius 1 is 1.48 bits per heavy atom. The maximum Gasteiger partial charge on any atom is 0.338 e. The van der Waals surface area contributed by atoms with E-state index in [0.29, 0.717) is 17.7 Å². The van der Waals surface area contributed by atoms with Crippen LogP contribution in [0.15, 0.2) is 29.1 Å². The van der Waals surface area contributed by atoms with E-state index >= 15 is 0 Å². The van der Waals surface area contributed by atoms with Gasteiger partial charge in [0.15, 0.2) is 0 Å². The van der Waals surface area contributed by atoms with Crippen LogP contribution in [0.4, 0.5) is 0 Å². The number of carboxylic acids is 1. The lowest BCUT2D eigenvalue weighted by molar-refractivity contribution is -0.154. The Bertz CT molecular complexity index is 860. The van der Waals surface area contributed by atoms with Crippen LogP contribution < -0.4 is 0 Å². The molecule has 0 spiro atoms. The van der Waals surface area contributed by atoms with Crippen LogP contribution in [0, 0.1) is 5.41 Å². The summed E-state index contributed by atoms with van der Waals surface area (Å²) in [7, 11) is 0. The molecule has 1 aromatic heterocycles. The van der Waals surface area contributed by atoms with Gasteiger partial charge in [0, 0.05) is 11.8 Å². The number of ether oxygens (including phenoxy) is 1. The number of carboxylic acid groups (broad SMARTS) is 1. The third kappa shape index (κ3) is 3.27. The van der Waals surface area contributed by atoms with Crippen LogP contribution in [0.1, 0.15) is 36.3 Å². The van der Waals surface area contributed by atoms with Gasteiger partial charge in [0.25, 0.3) is 5.91 Å². The van der Waals surface area contributed by atoms with Crippen LogP contribution >= 0.6 is 0 Å². The Balaban J connectivity index is 1.81. The summed E-state index contributed by atoms with van der Waals surface area (Å²) >= 11 is 0. The molecule has 0 aromatic carbocycles. The number of rotatable bonds is 5. The summed E-state index contributed by atoms with van der Waals surface area (Å²) in [6.07, 6.45) is 4.58. The first-order valence-corrected chi connectivity index (χ1v) is 8.32. The highest BCUT2D eigenvalue weighted by Crippen LogP contribution is 2.49. The summed E-state index contributed by atoms with van der Waals surface area (Å²) in [5.74, 6) is -1.96. The van der Waals surface area contributed by atoms with Crippen LogP contribution in [0.25, 0.3) is 6.08 Å². The number of pyridine rings is 1. The van der Waals surface area contributed by atoms with E-state index in [1.165, 1.54) is 23.2 Å². The number of β-lactam (4-membered cyclic amide) rings is 1. The number of aliphatic carboxylic acids is 1. The molecule has 9 nitrogen and oxygen atoms in total. The third-order valence-corrected chi connectivity index (χ3v) is 4.84. The number of hydrogen-bond donors (Lipinski definition) is 2. The molecule has 9 heteroatoms. The largest absolute Gasteiger partial charge is 0.480 e. The smallest absolute Gasteiger partial charge is 0.338 e. The highest BCUT2D eigenvalue weighted by atomic mass is 16.5. The van der Waals surface area contributed by atoms with Crippen LogP contribution in [-0.4, -0.2) is 62.9 Å². The highest BCUT2D eigenvalue weighted by molar-refractivity contribution is 6.08. The monoisotopic (exact) mass is 373 g/mol. The summed E-state index contributed by atoms with van der Waals surface area (Å²) in [5, 5.41) is 20.5. The molecule has 0 saturated carbocycles. The van der Waals surface area contributed by atoms with Gasteiger partial charge in [0.1, 0.15) is 12.6 Å². The number of oxime groups is 1. The van der Waals surface area contributed by atoms with Gasteiger partial charge in [0.2, 0.25) is 0 Å². The molecule has 3 heterocycles. The standard InChI is InChI=1S/C18H19N3O6/c1-18(2)9-13-12(15(22)21(13)14(18)16(23)24)8-11-7-10(3-4-19-11)17(25)27-6-5-20-26/h3-5,7-8,13-14,26H,6,9H2,1-2H3,(H,23,24)/b12-8+,20-5+/t13?,14-/m0/s1. The quantitative estimate of drug-likeness (QED) is 0.198. The Hall–Kier alpha value is -3.23. The van der Waals surface area contributed by atoms with Crippen molar-refractivity contribution in [3.05, 3.63) is 35.2 Å². The number of hydrogen-bond acceptors (Lipinski definition) is 7. The van der Waals surface area contributed by atoms with Gasteiger partial charge in [-0.1, -0.05) is 19.0 Å². The molecular weight excluding hydrogens is 354 g/mol. The van der Waals surface area contributed by atoms with Gasteiger partial charge in [-0.3, -0.25) is 9.78 Å². The van der Waals surface area contributed by atoms with E-state index in [4.69, 9.17) is 9.94 Å². The average molecular weight is 373 g/mol. The molecule has 0 aliphatic carbocycles. The summed E-state index contributed by atoms with van der Waals surface area (Å²) in [4.78, 5) is 41.5. The maximum atomic E-state index is 12.5. The van der Waals surface area contributed by atoms with E-state index in [0.717, 1.165) is 6.21 Å². The number of carbonyl (C=O) groups excluding carboxylic acids is 2. The van der Waals surface area contributed by atoms with E-state index < -0.39 is 23.4 Å². The normalized spacial score (nSPS) is 24.7. The van der Waals surface area contributed by atoms with E-state index in [9.17, 15) is 19.5 Å². The predicted octanol–water partition coefficient (Wildman–Crippen LogP) is 1.18. The third-order valence-electron chi connectivity index (χ3n) is 4.84. The molecule has 1 aromatic rings. The van der Waals surface area contributed by atoms with Crippen molar-refractivity contribution in [2.45, 2.75) is 32.4 Å². The van der Waals surface area contributed by atoms with Crippen LogP contribution in [0.3, 0.4) is 0 Å². The van der Waals surface area contributed by atoms with Gasteiger partial charge < -0.3 is 20.0 Å². The molecule has 2 aliphatic heterocycles.